The van der Waals surface area contributed by atoms with Gasteiger partial charge in [-0.3, -0.25) is 0 Å². The van der Waals surface area contributed by atoms with Crippen molar-refractivity contribution in [1.82, 2.24) is 9.55 Å². The summed E-state index contributed by atoms with van der Waals surface area (Å²) in [6.45, 7) is 6.41. The molecule has 0 aliphatic heterocycles. The largest absolute Gasteiger partial charge is 0.479 e. The van der Waals surface area contributed by atoms with Crippen LogP contribution in [0, 0.1) is 3.70 Å². The molecule has 0 radical (unpaired) electrons. The van der Waals surface area contributed by atoms with Crippen molar-refractivity contribution in [1.29, 1.82) is 0 Å². The smallest absolute Gasteiger partial charge is 0.245 e. The Morgan fingerprint density at radius 1 is 1.50 bits per heavy atom. The molecule has 0 spiro atoms. The van der Waals surface area contributed by atoms with E-state index in [2.05, 4.69) is 52.9 Å². The molecule has 68 valence electrons. The summed E-state index contributed by atoms with van der Waals surface area (Å²) in [5.41, 5.74) is 0.0697. The quantitative estimate of drug-likeness (QED) is 0.738. The van der Waals surface area contributed by atoms with E-state index in [0.29, 0.717) is 5.88 Å². The second-order valence-corrected chi connectivity index (χ2v) is 4.61. The summed E-state index contributed by atoms with van der Waals surface area (Å²) in [6.07, 6.45) is 1.81. The van der Waals surface area contributed by atoms with Crippen molar-refractivity contribution in [3.05, 3.63) is 10.0 Å². The number of methoxy groups -OCH3 is 1. The Labute approximate surface area is 86.3 Å². The maximum Gasteiger partial charge on any atom is 0.245 e. The summed E-state index contributed by atoms with van der Waals surface area (Å²) in [5, 5.41) is 0. The van der Waals surface area contributed by atoms with Crippen LogP contribution in [0.3, 0.4) is 0 Å². The molecule has 12 heavy (non-hydrogen) atoms. The molecule has 0 saturated heterocycles. The third-order valence-electron chi connectivity index (χ3n) is 1.59. The number of aromatic nitrogens is 2. The third kappa shape index (κ3) is 1.73. The molecule has 0 amide bonds. The van der Waals surface area contributed by atoms with Crippen LogP contribution in [0.2, 0.25) is 0 Å². The van der Waals surface area contributed by atoms with E-state index in [1.807, 2.05) is 0 Å². The molecule has 3 nitrogen and oxygen atoms in total. The predicted molar refractivity (Wildman–Crippen MR) is 56.5 cm³/mol. The average molecular weight is 280 g/mol. The second kappa shape index (κ2) is 3.24. The first-order valence-electron chi connectivity index (χ1n) is 3.74. The van der Waals surface area contributed by atoms with E-state index < -0.39 is 0 Å². The summed E-state index contributed by atoms with van der Waals surface area (Å²) < 4.78 is 8.22. The lowest BCUT2D eigenvalue weighted by molar-refractivity contribution is 0.372. The number of hydrogen-bond donors (Lipinski definition) is 0. The maximum atomic E-state index is 5.08. The molecule has 4 heteroatoms. The van der Waals surface area contributed by atoms with Crippen molar-refractivity contribution in [3.8, 4) is 5.88 Å². The number of ether oxygens (including phenoxy) is 1. The van der Waals surface area contributed by atoms with Crippen molar-refractivity contribution in [2.75, 3.05) is 7.11 Å². The van der Waals surface area contributed by atoms with Gasteiger partial charge >= 0.3 is 0 Å². The normalized spacial score (nSPS) is 11.8. The highest BCUT2D eigenvalue weighted by Crippen LogP contribution is 2.24. The highest BCUT2D eigenvalue weighted by molar-refractivity contribution is 14.1. The van der Waals surface area contributed by atoms with Gasteiger partial charge < -0.3 is 9.30 Å². The van der Waals surface area contributed by atoms with Crippen LogP contribution in [0.15, 0.2) is 6.33 Å². The zero-order valence-corrected chi connectivity index (χ0v) is 9.92. The van der Waals surface area contributed by atoms with Gasteiger partial charge in [-0.15, -0.1) is 0 Å². The van der Waals surface area contributed by atoms with Gasteiger partial charge in [0.05, 0.1) is 7.11 Å². The zero-order chi connectivity index (χ0) is 9.35. The van der Waals surface area contributed by atoms with Crippen molar-refractivity contribution in [3.63, 3.8) is 0 Å². The Balaban J connectivity index is 3.11. The Bertz CT molecular complexity index is 275. The monoisotopic (exact) mass is 280 g/mol. The van der Waals surface area contributed by atoms with Crippen molar-refractivity contribution in [2.45, 2.75) is 26.3 Å². The molecule has 0 atom stereocenters. The predicted octanol–water partition coefficient (Wildman–Crippen LogP) is 2.25. The van der Waals surface area contributed by atoms with Gasteiger partial charge in [0.25, 0.3) is 0 Å². The molecule has 0 N–H and O–H groups in total. The van der Waals surface area contributed by atoms with Gasteiger partial charge in [0.15, 0.2) is 0 Å². The van der Waals surface area contributed by atoms with E-state index in [1.54, 1.807) is 13.4 Å². The fourth-order valence-electron chi connectivity index (χ4n) is 0.922. The van der Waals surface area contributed by atoms with E-state index in [4.69, 9.17) is 4.74 Å². The number of halogens is 1. The number of hydrogen-bond acceptors (Lipinski definition) is 2. The van der Waals surface area contributed by atoms with Crippen molar-refractivity contribution in [2.24, 2.45) is 0 Å². The van der Waals surface area contributed by atoms with Gasteiger partial charge in [-0.05, 0) is 43.4 Å². The summed E-state index contributed by atoms with van der Waals surface area (Å²) in [4.78, 5) is 4.13. The van der Waals surface area contributed by atoms with Gasteiger partial charge in [0.1, 0.15) is 10.0 Å². The fraction of sp³-hybridized carbons (Fsp3) is 0.625. The van der Waals surface area contributed by atoms with E-state index in [0.717, 1.165) is 3.70 Å². The minimum absolute atomic E-state index is 0.0697. The number of nitrogens with zero attached hydrogens (tertiary/aromatic N) is 2. The first-order valence-corrected chi connectivity index (χ1v) is 4.82. The van der Waals surface area contributed by atoms with E-state index in [1.165, 1.54) is 0 Å². The van der Waals surface area contributed by atoms with Gasteiger partial charge in [0.2, 0.25) is 5.88 Å². The summed E-state index contributed by atoms with van der Waals surface area (Å²) in [5.74, 6) is 0.700. The van der Waals surface area contributed by atoms with Crippen molar-refractivity contribution < 1.29 is 4.74 Å². The van der Waals surface area contributed by atoms with Crippen LogP contribution in [0.5, 0.6) is 5.88 Å². The second-order valence-electron chi connectivity index (χ2n) is 3.59. The molecule has 0 bridgehead atoms. The summed E-state index contributed by atoms with van der Waals surface area (Å²) in [6, 6.07) is 0. The minimum Gasteiger partial charge on any atom is -0.479 e. The highest BCUT2D eigenvalue weighted by Gasteiger charge is 2.18. The van der Waals surface area contributed by atoms with Gasteiger partial charge in [-0.25, -0.2) is 4.98 Å². The van der Waals surface area contributed by atoms with Crippen LogP contribution in [0.4, 0.5) is 0 Å². The summed E-state index contributed by atoms with van der Waals surface area (Å²) in [7, 11) is 1.64. The van der Waals surface area contributed by atoms with Crippen LogP contribution in [0.1, 0.15) is 20.8 Å². The minimum atomic E-state index is 0.0697. The molecule has 1 rings (SSSR count). The Kier molecular flexibility index (Phi) is 2.65. The molecule has 1 heterocycles. The molecule has 0 aromatic carbocycles. The maximum absolute atomic E-state index is 5.08. The summed E-state index contributed by atoms with van der Waals surface area (Å²) >= 11 is 2.24. The lowest BCUT2D eigenvalue weighted by Gasteiger charge is -2.21. The molecule has 0 aliphatic rings. The van der Waals surface area contributed by atoms with Crippen LogP contribution in [-0.2, 0) is 5.54 Å². The zero-order valence-electron chi connectivity index (χ0n) is 7.76. The van der Waals surface area contributed by atoms with Crippen LogP contribution < -0.4 is 4.74 Å². The topological polar surface area (TPSA) is 27.1 Å². The van der Waals surface area contributed by atoms with Crippen molar-refractivity contribution >= 4 is 22.6 Å². The molecule has 0 fully saturated rings. The molecule has 0 saturated carbocycles. The lowest BCUT2D eigenvalue weighted by atomic mass is 10.1. The Hall–Kier alpha value is -0.260. The lowest BCUT2D eigenvalue weighted by Crippen LogP contribution is -2.22. The van der Waals surface area contributed by atoms with Gasteiger partial charge in [-0.2, -0.15) is 0 Å². The van der Waals surface area contributed by atoms with Gasteiger partial charge in [0, 0.05) is 5.54 Å². The Morgan fingerprint density at radius 3 is 2.33 bits per heavy atom. The Morgan fingerprint density at radius 2 is 2.08 bits per heavy atom. The van der Waals surface area contributed by atoms with E-state index in [-0.39, 0.29) is 5.54 Å². The SMILES string of the molecule is COc1ncn(C(C)(C)C)c1I. The van der Waals surface area contributed by atoms with Crippen LogP contribution in [-0.4, -0.2) is 16.7 Å². The van der Waals surface area contributed by atoms with Gasteiger partial charge in [-0.1, -0.05) is 0 Å². The van der Waals surface area contributed by atoms with E-state index in [9.17, 15) is 0 Å². The third-order valence-corrected chi connectivity index (χ3v) is 2.58. The molecular weight excluding hydrogens is 267 g/mol. The molecule has 0 aliphatic carbocycles. The number of rotatable bonds is 1. The number of imidazole rings is 1. The average Bonchev–Trinajstić information content (AvgIpc) is 2.29. The van der Waals surface area contributed by atoms with Crippen LogP contribution in [0.25, 0.3) is 0 Å². The standard InChI is InChI=1S/C8H13IN2O/c1-8(2,3)11-5-10-7(12-4)6(11)9/h5H,1-4H3. The molecule has 1 aromatic heterocycles. The van der Waals surface area contributed by atoms with E-state index >= 15 is 0 Å². The molecule has 0 unspecified atom stereocenters. The molecule has 1 aromatic rings. The highest BCUT2D eigenvalue weighted by atomic mass is 127. The fourth-order valence-corrected chi connectivity index (χ4v) is 2.13. The molecular formula is C8H13IN2O. The van der Waals surface area contributed by atoms with Crippen LogP contribution >= 0.6 is 22.6 Å². The first kappa shape index (κ1) is 9.83. The first-order chi connectivity index (χ1) is 5.46.